The van der Waals surface area contributed by atoms with Crippen LogP contribution in [0.1, 0.15) is 210 Å². The van der Waals surface area contributed by atoms with Crippen LogP contribution in [0, 0.1) is 29.1 Å². The van der Waals surface area contributed by atoms with Crippen molar-refractivity contribution in [1.29, 1.82) is 5.41 Å². The van der Waals surface area contributed by atoms with Gasteiger partial charge in [0.25, 0.3) is 0 Å². The molecule has 53 heteroatoms. The second-order valence-corrected chi connectivity index (χ2v) is 36.6. The van der Waals surface area contributed by atoms with Gasteiger partial charge in [0.1, 0.15) is 103 Å². The van der Waals surface area contributed by atoms with Gasteiger partial charge in [-0.2, -0.15) is 0 Å². The molecule has 1 aromatic rings. The van der Waals surface area contributed by atoms with Crippen LogP contribution in [0.5, 0.6) is 0 Å². The molecule has 2 rings (SSSR count). The third-order valence-corrected chi connectivity index (χ3v) is 23.1. The molecule has 1 aliphatic heterocycles. The van der Waals surface area contributed by atoms with Crippen molar-refractivity contribution >= 4 is 136 Å². The number of carboxylic acid groups (broad SMARTS) is 1. The smallest absolute Gasteiger partial charge is 0.326 e. The Hall–Kier alpha value is -13.4. The number of carbonyl (C=O) groups excluding carboxylic acids is 21. The number of aliphatic carboxylic acids is 1. The molecule has 1 saturated heterocycles. The van der Waals surface area contributed by atoms with E-state index in [0.29, 0.717) is 12.0 Å². The number of hydrogen-bond donors (Lipinski definition) is 30. The highest BCUT2D eigenvalue weighted by molar-refractivity contribution is 6.03. The summed E-state index contributed by atoms with van der Waals surface area (Å²) in [6, 6.07) is -20.6. The molecular weight excluding hydrogens is 1880 g/mol. The van der Waals surface area contributed by atoms with Crippen molar-refractivity contribution in [2.75, 3.05) is 39.4 Å². The van der Waals surface area contributed by atoms with E-state index in [2.05, 4.69) is 90.4 Å². The number of unbranched alkanes of at least 4 members (excludes halogenated alkanes) is 2. The number of primary amides is 4. The molecule has 1 fully saturated rings. The topological polar surface area (TPSA) is 896 Å². The lowest BCUT2D eigenvalue weighted by atomic mass is 9.96. The molecular formula is C90H153N27O26. The summed E-state index contributed by atoms with van der Waals surface area (Å²) in [4.78, 5) is 302. The Bertz CT molecular complexity index is 4470. The third-order valence-electron chi connectivity index (χ3n) is 23.1. The second-order valence-electron chi connectivity index (χ2n) is 36.6. The van der Waals surface area contributed by atoms with Crippen LogP contribution in [-0.2, 0) is 112 Å². The zero-order valence-corrected chi connectivity index (χ0v) is 83.1. The summed E-state index contributed by atoms with van der Waals surface area (Å²) in [7, 11) is 0. The number of rotatable bonds is 69. The first kappa shape index (κ1) is 126. The number of nitrogens with one attached hydrogen (secondary N) is 18. The van der Waals surface area contributed by atoms with Crippen molar-refractivity contribution in [3.8, 4) is 0 Å². The zero-order chi connectivity index (χ0) is 108. The van der Waals surface area contributed by atoms with Gasteiger partial charge < -0.3 is 162 Å². The Morgan fingerprint density at radius 1 is 0.406 bits per heavy atom. The van der Waals surface area contributed by atoms with E-state index >= 15 is 0 Å². The molecule has 38 N–H and O–H groups in total. The predicted octanol–water partition coefficient (Wildman–Crippen LogP) is -10.2. The normalized spacial score (nSPS) is 16.3. The van der Waals surface area contributed by atoms with Crippen LogP contribution in [0.15, 0.2) is 30.3 Å². The molecule has 0 unspecified atom stereocenters. The quantitative estimate of drug-likeness (QED) is 0.0164. The molecule has 0 aliphatic carbocycles. The first-order valence-electron chi connectivity index (χ1n) is 47.9. The van der Waals surface area contributed by atoms with E-state index in [4.69, 9.17) is 51.3 Å². The van der Waals surface area contributed by atoms with Crippen LogP contribution in [0.25, 0.3) is 0 Å². The van der Waals surface area contributed by atoms with Crippen molar-refractivity contribution in [3.63, 3.8) is 0 Å². The highest BCUT2D eigenvalue weighted by Crippen LogP contribution is 2.22. The van der Waals surface area contributed by atoms with Crippen molar-refractivity contribution in [3.05, 3.63) is 35.9 Å². The molecule has 143 heavy (non-hydrogen) atoms. The number of benzene rings is 1. The fourth-order valence-corrected chi connectivity index (χ4v) is 14.8. The molecule has 1 heterocycles. The number of nitrogens with zero attached hydrogens (tertiary/aromatic N) is 1. The fourth-order valence-electron chi connectivity index (χ4n) is 14.8. The summed E-state index contributed by atoms with van der Waals surface area (Å²) < 4.78 is 0. The van der Waals surface area contributed by atoms with Crippen LogP contribution < -0.4 is 136 Å². The first-order chi connectivity index (χ1) is 67.1. The van der Waals surface area contributed by atoms with E-state index in [1.807, 2.05) is 0 Å². The lowest BCUT2D eigenvalue weighted by molar-refractivity contribution is -0.143. The maximum absolute atomic E-state index is 14.8. The lowest BCUT2D eigenvalue weighted by Gasteiger charge is -2.31. The number of carboxylic acids is 1. The van der Waals surface area contributed by atoms with Gasteiger partial charge in [0.05, 0.1) is 31.8 Å². The number of carbonyl (C=O) groups is 22. The van der Waals surface area contributed by atoms with Gasteiger partial charge in [0.2, 0.25) is 124 Å². The Morgan fingerprint density at radius 2 is 0.783 bits per heavy atom. The number of aliphatic hydroxyl groups excluding tert-OH is 3. The van der Waals surface area contributed by atoms with Gasteiger partial charge in [-0.05, 0) is 159 Å². The van der Waals surface area contributed by atoms with E-state index in [1.54, 1.807) is 85.7 Å². The number of likely N-dealkylation sites (tertiary alicyclic amines) is 1. The molecule has 0 bridgehead atoms. The fraction of sp³-hybridized carbons (Fsp3) is 0.678. The maximum Gasteiger partial charge on any atom is 0.326 e. The van der Waals surface area contributed by atoms with Gasteiger partial charge >= 0.3 is 5.97 Å². The summed E-state index contributed by atoms with van der Waals surface area (Å²) in [5.74, 6) is -25.1. The van der Waals surface area contributed by atoms with Gasteiger partial charge in [-0.1, -0.05) is 92.1 Å². The Kier molecular flexibility index (Phi) is 57.0. The molecule has 804 valence electrons. The van der Waals surface area contributed by atoms with Crippen LogP contribution in [0.4, 0.5) is 0 Å². The van der Waals surface area contributed by atoms with Crippen LogP contribution in [-0.4, -0.2) is 316 Å². The molecule has 53 nitrogen and oxygen atoms in total. The van der Waals surface area contributed by atoms with Crippen molar-refractivity contribution < 1.29 is 126 Å². The molecule has 0 saturated carbocycles. The van der Waals surface area contributed by atoms with Gasteiger partial charge in [0.15, 0.2) is 5.96 Å². The molecule has 0 spiro atoms. The summed E-state index contributed by atoms with van der Waals surface area (Å²) in [5.41, 5.74) is 44.9. The predicted molar refractivity (Wildman–Crippen MR) is 516 cm³/mol. The van der Waals surface area contributed by atoms with Crippen molar-refractivity contribution in [2.45, 2.75) is 326 Å². The molecule has 1 aromatic carbocycles. The Balaban J connectivity index is 2.41. The van der Waals surface area contributed by atoms with Crippen LogP contribution in [0.3, 0.4) is 0 Å². The number of amides is 21. The highest BCUT2D eigenvalue weighted by Gasteiger charge is 2.44. The van der Waals surface area contributed by atoms with Crippen molar-refractivity contribution in [2.24, 2.45) is 69.5 Å². The Morgan fingerprint density at radius 3 is 1.24 bits per heavy atom. The molecule has 20 atom stereocenters. The Labute approximate surface area is 829 Å². The number of aliphatic hydroxyl groups is 3. The SMILES string of the molecule is CC[C@H](C)[C@H](NC(=O)[C@@H](NC(=O)[C@H](CCCCN)NC(=O)[C@@H](NC(=O)[C@@H]1CCCN1C(=O)[C@H](CO)NC(=O)[C@H](CCCCN)NC(=O)[C@H](Cc1ccccc1)NC(=O)[C@H](CC(N)=O)NC(=O)[C@H](CO)NC(=O)[C@H](C)NC(=O)[C@H](C)NC(=O)[C@H](CCC(N)=O)NC(=O)[C@H](CC(C)C)NC(=O)[C@H](CCC(N)=O)NC(=O)[C@H](CC(C)C)NC(=O)[C@@H](N)CCC(N)=O)C(C)C)[C@@H](C)O)C(=O)N[C@@H](CCCNC(=N)N)C(=O)O. The largest absolute Gasteiger partial charge is 0.480 e. The minimum absolute atomic E-state index is 0.00468. The lowest BCUT2D eigenvalue weighted by Crippen LogP contribution is -2.62. The van der Waals surface area contributed by atoms with Crippen molar-refractivity contribution in [1.82, 2.24) is 95.3 Å². The van der Waals surface area contributed by atoms with Gasteiger partial charge in [-0.15, -0.1) is 0 Å². The molecule has 21 amide bonds. The maximum atomic E-state index is 14.8. The summed E-state index contributed by atoms with van der Waals surface area (Å²) >= 11 is 0. The van der Waals surface area contributed by atoms with Crippen LogP contribution in [0.2, 0.25) is 0 Å². The summed E-state index contributed by atoms with van der Waals surface area (Å²) in [6.07, 6.45) is -4.14. The highest BCUT2D eigenvalue weighted by atomic mass is 16.4. The van der Waals surface area contributed by atoms with E-state index in [1.165, 1.54) is 6.92 Å². The number of hydrogen-bond acceptors (Lipinski definition) is 29. The van der Waals surface area contributed by atoms with E-state index < -0.39 is 302 Å². The minimum atomic E-state index is -2.00. The third kappa shape index (κ3) is 46.5. The van der Waals surface area contributed by atoms with Gasteiger partial charge in [0, 0.05) is 38.8 Å². The molecule has 0 aromatic heterocycles. The molecule has 0 radical (unpaired) electrons. The van der Waals surface area contributed by atoms with E-state index in [-0.39, 0.29) is 140 Å². The summed E-state index contributed by atoms with van der Waals surface area (Å²) in [6.45, 7) is 14.6. The first-order valence-corrected chi connectivity index (χ1v) is 47.9. The standard InChI is InChI=1S/C90H153N27O26/c1-12-47(8)70(86(139)107-57(89(142)143)26-20-36-100-90(98)99)115-87(140)71(50(11)120)116-78(131)54(25-17-19-35-92)106-85(138)69(46(6)7)114-84(137)64-27-21-37-117(64)88(141)63(43-119)113-76(129)53(24-16-18-34-91)103-81(134)60(40-51-22-14-13-15-23-51)110-82(135)61(41-68(97)124)111-83(136)62(42-118)112-73(126)49(10)101-72(125)48(9)102-75(128)55(29-32-66(95)122)104-80(133)59(39-45(4)5)109-77(130)56(30-33-67(96)123)105-79(132)58(38-44(2)3)108-74(127)52(93)28-31-65(94)121/h13-15,22-23,44-50,52-64,69-71,118-120H,12,16-21,24-43,91-93H2,1-11H3,(H2,94,121)(H2,95,122)(H2,96,123)(H2,97,124)(H,101,125)(H,102,128)(H,103,134)(H,104,133)(H,105,132)(H,106,138)(H,107,139)(H,108,127)(H,109,130)(H,110,135)(H,111,136)(H,112,126)(H,113,129)(H,114,137)(H,115,140)(H,116,131)(H,142,143)(H4,98,99,100)/t47-,48-,49-,50+,52-,53-,54-,55-,56-,57-,58-,59-,60-,61-,62-,63-,64-,69-,70-,71-/m0/s1. The monoisotopic (exact) mass is 2030 g/mol. The average molecular weight is 2030 g/mol. The molecule has 1 aliphatic rings. The van der Waals surface area contributed by atoms with Gasteiger partial charge in [-0.3, -0.25) is 106 Å². The summed E-state index contributed by atoms with van der Waals surface area (Å²) in [5, 5.41) is 91.2. The number of guanidine groups is 1. The van der Waals surface area contributed by atoms with Gasteiger partial charge in [-0.25, -0.2) is 4.79 Å². The van der Waals surface area contributed by atoms with E-state index in [9.17, 15) is 126 Å². The van der Waals surface area contributed by atoms with Crippen LogP contribution >= 0.6 is 0 Å². The number of nitrogens with two attached hydrogens (primary N) is 8. The average Bonchev–Trinajstić information content (AvgIpc) is 1.70. The van der Waals surface area contributed by atoms with E-state index in [0.717, 1.165) is 18.7 Å². The second kappa shape index (κ2) is 64.9. The zero-order valence-electron chi connectivity index (χ0n) is 83.1. The minimum Gasteiger partial charge on any atom is -0.480 e.